The molecular weight excluding hydrogens is 196 g/mol. The lowest BCUT2D eigenvalue weighted by Gasteiger charge is -2.21. The quantitative estimate of drug-likeness (QED) is 0.619. The van der Waals surface area contributed by atoms with Crippen molar-refractivity contribution in [2.24, 2.45) is 5.92 Å². The van der Waals surface area contributed by atoms with Crippen molar-refractivity contribution in [2.45, 2.75) is 63.8 Å². The monoisotopic (exact) mass is 224 g/mol. The highest BCUT2D eigenvalue weighted by atomic mass is 15.0. The maximum atomic E-state index is 3.55. The fourth-order valence-electron chi connectivity index (χ4n) is 2.77. The van der Waals surface area contributed by atoms with Crippen molar-refractivity contribution in [3.63, 3.8) is 0 Å². The van der Waals surface area contributed by atoms with E-state index in [4.69, 9.17) is 0 Å². The zero-order valence-electron chi connectivity index (χ0n) is 10.6. The van der Waals surface area contributed by atoms with Gasteiger partial charge in [-0.3, -0.25) is 0 Å². The molecule has 2 aliphatic rings. The summed E-state index contributed by atoms with van der Waals surface area (Å²) in [5, 5.41) is 7.08. The Labute approximate surface area is 101 Å². The number of hydrogen-bond acceptors (Lipinski definition) is 2. The lowest BCUT2D eigenvalue weighted by Crippen LogP contribution is -2.29. The Morgan fingerprint density at radius 2 is 1.62 bits per heavy atom. The molecule has 2 rings (SSSR count). The highest BCUT2D eigenvalue weighted by molar-refractivity contribution is 4.80. The summed E-state index contributed by atoms with van der Waals surface area (Å²) in [5.41, 5.74) is 0. The summed E-state index contributed by atoms with van der Waals surface area (Å²) in [6.45, 7) is 3.54. The Morgan fingerprint density at radius 3 is 2.38 bits per heavy atom. The molecule has 0 aliphatic heterocycles. The van der Waals surface area contributed by atoms with E-state index in [0.717, 1.165) is 25.0 Å². The molecule has 0 atom stereocenters. The molecule has 0 heterocycles. The average molecular weight is 224 g/mol. The molecule has 0 bridgehead atoms. The third-order valence-corrected chi connectivity index (χ3v) is 4.00. The van der Waals surface area contributed by atoms with E-state index in [1.807, 2.05) is 0 Å². The Hall–Kier alpha value is -0.0800. The summed E-state index contributed by atoms with van der Waals surface area (Å²) in [6.07, 6.45) is 13.1. The lowest BCUT2D eigenvalue weighted by atomic mass is 9.86. The van der Waals surface area contributed by atoms with E-state index in [2.05, 4.69) is 10.6 Å². The van der Waals surface area contributed by atoms with Crippen LogP contribution in [0.1, 0.15) is 57.8 Å². The minimum atomic E-state index is 0.865. The van der Waals surface area contributed by atoms with Crippen LogP contribution in [0.15, 0.2) is 0 Å². The molecule has 0 aromatic rings. The highest BCUT2D eigenvalue weighted by Crippen LogP contribution is 2.26. The largest absolute Gasteiger partial charge is 0.315 e. The van der Waals surface area contributed by atoms with Crippen LogP contribution in [0.3, 0.4) is 0 Å². The highest BCUT2D eigenvalue weighted by Gasteiger charge is 2.19. The minimum Gasteiger partial charge on any atom is -0.315 e. The third-order valence-electron chi connectivity index (χ3n) is 4.00. The maximum Gasteiger partial charge on any atom is 0.00793 e. The summed E-state index contributed by atoms with van der Waals surface area (Å²) in [6, 6.07) is 0.865. The van der Waals surface area contributed by atoms with Gasteiger partial charge in [-0.1, -0.05) is 32.1 Å². The van der Waals surface area contributed by atoms with Gasteiger partial charge in [0.05, 0.1) is 0 Å². The number of rotatable bonds is 8. The molecule has 2 nitrogen and oxygen atoms in total. The van der Waals surface area contributed by atoms with Crippen LogP contribution >= 0.6 is 0 Å². The van der Waals surface area contributed by atoms with E-state index in [-0.39, 0.29) is 0 Å². The molecule has 0 unspecified atom stereocenters. The van der Waals surface area contributed by atoms with Crippen LogP contribution in [0.4, 0.5) is 0 Å². The predicted molar refractivity (Wildman–Crippen MR) is 69.7 cm³/mol. The van der Waals surface area contributed by atoms with Gasteiger partial charge >= 0.3 is 0 Å². The molecule has 2 fully saturated rings. The van der Waals surface area contributed by atoms with E-state index in [1.54, 1.807) is 0 Å². The van der Waals surface area contributed by atoms with Gasteiger partial charge in [0.15, 0.2) is 0 Å². The smallest absolute Gasteiger partial charge is 0.00793 e. The third kappa shape index (κ3) is 5.31. The van der Waals surface area contributed by atoms with Crippen LogP contribution in [0.5, 0.6) is 0 Å². The Bertz CT molecular complexity index is 172. The van der Waals surface area contributed by atoms with Crippen molar-refractivity contribution < 1.29 is 0 Å². The van der Waals surface area contributed by atoms with E-state index >= 15 is 0 Å². The fraction of sp³-hybridized carbons (Fsp3) is 1.00. The van der Waals surface area contributed by atoms with Crippen LogP contribution in [0.2, 0.25) is 0 Å². The average Bonchev–Trinajstić information content (AvgIpc) is 3.13. The first kappa shape index (κ1) is 12.4. The summed E-state index contributed by atoms with van der Waals surface area (Å²) in [7, 11) is 0. The van der Waals surface area contributed by atoms with Crippen LogP contribution in [-0.2, 0) is 0 Å². The topological polar surface area (TPSA) is 24.1 Å². The van der Waals surface area contributed by atoms with Crippen LogP contribution in [-0.4, -0.2) is 25.7 Å². The van der Waals surface area contributed by atoms with Gasteiger partial charge in [0, 0.05) is 19.1 Å². The van der Waals surface area contributed by atoms with Crippen molar-refractivity contribution in [1.29, 1.82) is 0 Å². The first-order valence-electron chi connectivity index (χ1n) is 7.39. The molecule has 94 valence electrons. The molecule has 2 saturated carbocycles. The van der Waals surface area contributed by atoms with E-state index < -0.39 is 0 Å². The van der Waals surface area contributed by atoms with Crippen molar-refractivity contribution in [2.75, 3.05) is 19.6 Å². The second kappa shape index (κ2) is 7.29. The van der Waals surface area contributed by atoms with Crippen LogP contribution in [0.25, 0.3) is 0 Å². The maximum absolute atomic E-state index is 3.55. The van der Waals surface area contributed by atoms with Gasteiger partial charge in [0.2, 0.25) is 0 Å². The number of nitrogens with one attached hydrogen (secondary N) is 2. The van der Waals surface area contributed by atoms with Gasteiger partial charge in [-0.2, -0.15) is 0 Å². The predicted octanol–water partition coefficient (Wildman–Crippen LogP) is 2.69. The molecule has 2 aliphatic carbocycles. The molecular formula is C14H28N2. The van der Waals surface area contributed by atoms with Crippen molar-refractivity contribution in [3.05, 3.63) is 0 Å². The molecule has 0 radical (unpaired) electrons. The molecule has 0 aromatic heterocycles. The van der Waals surface area contributed by atoms with E-state index in [1.165, 1.54) is 64.3 Å². The van der Waals surface area contributed by atoms with Crippen LogP contribution in [0, 0.1) is 5.92 Å². The molecule has 16 heavy (non-hydrogen) atoms. The standard InChI is InChI=1S/C14H28N2/c1-2-5-13(6-3-1)7-4-10-15-11-12-16-14-8-9-14/h13-16H,1-12H2. The first-order valence-corrected chi connectivity index (χ1v) is 7.39. The molecule has 0 saturated heterocycles. The second-order valence-corrected chi connectivity index (χ2v) is 5.62. The van der Waals surface area contributed by atoms with Gasteiger partial charge in [-0.15, -0.1) is 0 Å². The molecule has 2 heteroatoms. The number of hydrogen-bond donors (Lipinski definition) is 2. The molecule has 0 aromatic carbocycles. The van der Waals surface area contributed by atoms with E-state index in [0.29, 0.717) is 0 Å². The molecule has 0 amide bonds. The first-order chi connectivity index (χ1) is 7.95. The van der Waals surface area contributed by atoms with Gasteiger partial charge in [0.25, 0.3) is 0 Å². The zero-order chi connectivity index (χ0) is 11.1. The summed E-state index contributed by atoms with van der Waals surface area (Å²) >= 11 is 0. The Balaban J connectivity index is 1.33. The van der Waals surface area contributed by atoms with Crippen LogP contribution < -0.4 is 10.6 Å². The zero-order valence-corrected chi connectivity index (χ0v) is 10.6. The second-order valence-electron chi connectivity index (χ2n) is 5.62. The van der Waals surface area contributed by atoms with Gasteiger partial charge in [0.1, 0.15) is 0 Å². The SMILES string of the molecule is C1CCC(CCCNCCNC2CC2)CC1. The van der Waals surface area contributed by atoms with Crippen molar-refractivity contribution in [3.8, 4) is 0 Å². The fourth-order valence-corrected chi connectivity index (χ4v) is 2.77. The summed E-state index contributed by atoms with van der Waals surface area (Å²) in [5.74, 6) is 1.06. The molecule has 2 N–H and O–H groups in total. The Morgan fingerprint density at radius 1 is 0.812 bits per heavy atom. The van der Waals surface area contributed by atoms with E-state index in [9.17, 15) is 0 Å². The van der Waals surface area contributed by atoms with Crippen molar-refractivity contribution in [1.82, 2.24) is 10.6 Å². The normalized spacial score (nSPS) is 22.5. The summed E-state index contributed by atoms with van der Waals surface area (Å²) < 4.78 is 0. The lowest BCUT2D eigenvalue weighted by molar-refractivity contribution is 0.330. The van der Waals surface area contributed by atoms with Gasteiger partial charge in [-0.05, 0) is 38.1 Å². The van der Waals surface area contributed by atoms with Gasteiger partial charge < -0.3 is 10.6 Å². The van der Waals surface area contributed by atoms with Gasteiger partial charge in [-0.25, -0.2) is 0 Å². The Kier molecular flexibility index (Phi) is 5.64. The summed E-state index contributed by atoms with van der Waals surface area (Å²) in [4.78, 5) is 0. The molecule has 0 spiro atoms. The van der Waals surface area contributed by atoms with Crippen molar-refractivity contribution >= 4 is 0 Å². The minimum absolute atomic E-state index is 0.865.